The Labute approximate surface area is 119 Å². The number of hydrogen-bond donors (Lipinski definition) is 1. The first-order valence-corrected chi connectivity index (χ1v) is 7.87. The molecule has 0 radical (unpaired) electrons. The highest BCUT2D eigenvalue weighted by molar-refractivity contribution is 7.13. The Balaban J connectivity index is 2.04. The van der Waals surface area contributed by atoms with E-state index in [-0.39, 0.29) is 5.91 Å². The van der Waals surface area contributed by atoms with Crippen LogP contribution >= 0.6 is 11.3 Å². The lowest BCUT2D eigenvalue weighted by Gasteiger charge is -2.29. The normalized spacial score (nSPS) is 16.6. The maximum absolute atomic E-state index is 12.6. The van der Waals surface area contributed by atoms with Crippen LogP contribution < -0.4 is 5.32 Å². The third-order valence-electron chi connectivity index (χ3n) is 3.70. The number of thiazole rings is 1. The summed E-state index contributed by atoms with van der Waals surface area (Å²) in [5.41, 5.74) is 0.872. The Morgan fingerprint density at radius 1 is 1.42 bits per heavy atom. The lowest BCUT2D eigenvalue weighted by Crippen LogP contribution is -2.39. The number of aromatic nitrogens is 1. The molecule has 0 aliphatic carbocycles. The highest BCUT2D eigenvalue weighted by Crippen LogP contribution is 2.21. The first-order chi connectivity index (χ1) is 9.11. The van der Waals surface area contributed by atoms with Crippen molar-refractivity contribution in [3.05, 3.63) is 15.6 Å². The fourth-order valence-electron chi connectivity index (χ4n) is 2.60. The van der Waals surface area contributed by atoms with Gasteiger partial charge in [-0.25, -0.2) is 4.98 Å². The molecular weight excluding hydrogens is 258 g/mol. The molecule has 19 heavy (non-hydrogen) atoms. The van der Waals surface area contributed by atoms with Crippen molar-refractivity contribution >= 4 is 17.2 Å². The zero-order chi connectivity index (χ0) is 13.8. The topological polar surface area (TPSA) is 45.2 Å². The van der Waals surface area contributed by atoms with Gasteiger partial charge in [0.05, 0.1) is 10.7 Å². The van der Waals surface area contributed by atoms with Gasteiger partial charge in [0.15, 0.2) is 0 Å². The minimum Gasteiger partial charge on any atom is -0.338 e. The zero-order valence-corrected chi connectivity index (χ0v) is 12.8. The molecule has 0 saturated carbocycles. The Bertz CT molecular complexity index is 438. The van der Waals surface area contributed by atoms with Crippen LogP contribution in [0.3, 0.4) is 0 Å². The molecule has 2 rings (SSSR count). The number of amides is 1. The van der Waals surface area contributed by atoms with E-state index in [1.54, 1.807) is 0 Å². The van der Waals surface area contributed by atoms with Crippen molar-refractivity contribution in [1.82, 2.24) is 15.2 Å². The second-order valence-corrected chi connectivity index (χ2v) is 6.39. The average molecular weight is 281 g/mol. The number of hydrogen-bond acceptors (Lipinski definition) is 4. The Morgan fingerprint density at radius 2 is 2.11 bits per heavy atom. The molecule has 2 heterocycles. The predicted octanol–water partition coefficient (Wildman–Crippen LogP) is 2.22. The maximum Gasteiger partial charge on any atom is 0.265 e. The summed E-state index contributed by atoms with van der Waals surface area (Å²) < 4.78 is 0. The molecule has 1 N–H and O–H groups in total. The van der Waals surface area contributed by atoms with Crippen molar-refractivity contribution in [2.24, 2.45) is 5.92 Å². The number of carbonyl (C=O) groups is 1. The number of aryl methyl sites for hydroxylation is 2. The largest absolute Gasteiger partial charge is 0.338 e. The van der Waals surface area contributed by atoms with Crippen LogP contribution in [0.15, 0.2) is 0 Å². The van der Waals surface area contributed by atoms with E-state index in [1.807, 2.05) is 18.7 Å². The number of carbonyl (C=O) groups excluding carboxylic acids is 1. The highest BCUT2D eigenvalue weighted by Gasteiger charge is 2.23. The SMILES string of the molecule is CCN(CC1CCNCC1)C(=O)c1sc(C)nc1C. The molecule has 0 unspecified atom stereocenters. The third-order valence-corrected chi connectivity index (χ3v) is 4.76. The molecule has 1 aliphatic rings. The molecule has 106 valence electrons. The molecule has 4 nitrogen and oxygen atoms in total. The second-order valence-electron chi connectivity index (χ2n) is 5.18. The predicted molar refractivity (Wildman–Crippen MR) is 78.8 cm³/mol. The summed E-state index contributed by atoms with van der Waals surface area (Å²) in [6, 6.07) is 0. The van der Waals surface area contributed by atoms with Crippen molar-refractivity contribution in [2.45, 2.75) is 33.6 Å². The van der Waals surface area contributed by atoms with Crippen LogP contribution in [0, 0.1) is 19.8 Å². The monoisotopic (exact) mass is 281 g/mol. The Morgan fingerprint density at radius 3 is 2.63 bits per heavy atom. The molecule has 1 aromatic heterocycles. The summed E-state index contributed by atoms with van der Waals surface area (Å²) in [5, 5.41) is 4.34. The van der Waals surface area contributed by atoms with E-state index in [1.165, 1.54) is 24.2 Å². The first-order valence-electron chi connectivity index (χ1n) is 7.05. The molecule has 0 aromatic carbocycles. The van der Waals surface area contributed by atoms with Gasteiger partial charge in [0.1, 0.15) is 4.88 Å². The quantitative estimate of drug-likeness (QED) is 0.920. The van der Waals surface area contributed by atoms with E-state index in [0.717, 1.165) is 41.8 Å². The van der Waals surface area contributed by atoms with E-state index in [4.69, 9.17) is 0 Å². The number of nitrogens with zero attached hydrogens (tertiary/aromatic N) is 2. The lowest BCUT2D eigenvalue weighted by molar-refractivity contribution is 0.0730. The van der Waals surface area contributed by atoms with Crippen LogP contribution in [0.5, 0.6) is 0 Å². The lowest BCUT2D eigenvalue weighted by atomic mass is 9.97. The van der Waals surface area contributed by atoms with Crippen molar-refractivity contribution < 1.29 is 4.79 Å². The molecule has 0 atom stereocenters. The summed E-state index contributed by atoms with van der Waals surface area (Å²) in [7, 11) is 0. The smallest absolute Gasteiger partial charge is 0.265 e. The van der Waals surface area contributed by atoms with E-state index in [0.29, 0.717) is 5.92 Å². The molecule has 1 aliphatic heterocycles. The molecule has 1 fully saturated rings. The number of rotatable bonds is 4. The van der Waals surface area contributed by atoms with Gasteiger partial charge in [-0.15, -0.1) is 11.3 Å². The summed E-state index contributed by atoms with van der Waals surface area (Å²) in [4.78, 5) is 19.7. The molecule has 1 amide bonds. The second kappa shape index (κ2) is 6.48. The van der Waals surface area contributed by atoms with Gasteiger partial charge in [-0.3, -0.25) is 4.79 Å². The molecular formula is C14H23N3OS. The number of nitrogens with one attached hydrogen (secondary N) is 1. The van der Waals surface area contributed by atoms with Crippen LogP contribution in [-0.4, -0.2) is 42.0 Å². The van der Waals surface area contributed by atoms with Crippen LogP contribution in [0.25, 0.3) is 0 Å². The fraction of sp³-hybridized carbons (Fsp3) is 0.714. The van der Waals surface area contributed by atoms with Crippen molar-refractivity contribution in [2.75, 3.05) is 26.2 Å². The molecule has 0 spiro atoms. The summed E-state index contributed by atoms with van der Waals surface area (Å²) in [6.45, 7) is 9.76. The minimum absolute atomic E-state index is 0.157. The van der Waals surface area contributed by atoms with Crippen molar-refractivity contribution in [3.8, 4) is 0 Å². The van der Waals surface area contributed by atoms with Gasteiger partial charge in [0, 0.05) is 13.1 Å². The van der Waals surface area contributed by atoms with E-state index in [2.05, 4.69) is 17.2 Å². The minimum atomic E-state index is 0.157. The summed E-state index contributed by atoms with van der Waals surface area (Å²) >= 11 is 1.51. The Hall–Kier alpha value is -0.940. The Kier molecular flexibility index (Phi) is 4.93. The van der Waals surface area contributed by atoms with Crippen molar-refractivity contribution in [3.63, 3.8) is 0 Å². The molecule has 0 bridgehead atoms. The summed E-state index contributed by atoms with van der Waals surface area (Å²) in [6.07, 6.45) is 2.34. The number of piperidine rings is 1. The van der Waals surface area contributed by atoms with E-state index >= 15 is 0 Å². The maximum atomic E-state index is 12.6. The average Bonchev–Trinajstić information content (AvgIpc) is 2.75. The molecule has 5 heteroatoms. The van der Waals surface area contributed by atoms with Crippen LogP contribution in [0.2, 0.25) is 0 Å². The van der Waals surface area contributed by atoms with Gasteiger partial charge in [-0.05, 0) is 52.6 Å². The molecule has 1 saturated heterocycles. The van der Waals surface area contributed by atoms with Gasteiger partial charge in [0.2, 0.25) is 0 Å². The van der Waals surface area contributed by atoms with E-state index < -0.39 is 0 Å². The first kappa shape index (κ1) is 14.5. The highest BCUT2D eigenvalue weighted by atomic mass is 32.1. The van der Waals surface area contributed by atoms with Crippen LogP contribution in [0.1, 0.15) is 40.1 Å². The van der Waals surface area contributed by atoms with Gasteiger partial charge >= 0.3 is 0 Å². The van der Waals surface area contributed by atoms with Gasteiger partial charge < -0.3 is 10.2 Å². The van der Waals surface area contributed by atoms with Gasteiger partial charge in [-0.2, -0.15) is 0 Å². The third kappa shape index (κ3) is 3.54. The van der Waals surface area contributed by atoms with Crippen LogP contribution in [0.4, 0.5) is 0 Å². The summed E-state index contributed by atoms with van der Waals surface area (Å²) in [5.74, 6) is 0.795. The van der Waals surface area contributed by atoms with Crippen LogP contribution in [-0.2, 0) is 0 Å². The van der Waals surface area contributed by atoms with Gasteiger partial charge in [-0.1, -0.05) is 0 Å². The fourth-order valence-corrected chi connectivity index (χ4v) is 3.49. The van der Waals surface area contributed by atoms with Crippen molar-refractivity contribution in [1.29, 1.82) is 0 Å². The van der Waals surface area contributed by atoms with Gasteiger partial charge in [0.25, 0.3) is 5.91 Å². The zero-order valence-electron chi connectivity index (χ0n) is 12.0. The standard InChI is InChI=1S/C14H23N3OS/c1-4-17(9-12-5-7-15-8-6-12)14(18)13-10(2)16-11(3)19-13/h12,15H,4-9H2,1-3H3. The van der Waals surface area contributed by atoms with E-state index in [9.17, 15) is 4.79 Å². The molecule has 1 aromatic rings.